The summed E-state index contributed by atoms with van der Waals surface area (Å²) in [6.45, 7) is 0.597. The van der Waals surface area contributed by atoms with Crippen molar-refractivity contribution in [3.05, 3.63) is 10.1 Å². The number of rotatable bonds is 1. The lowest BCUT2D eigenvalue weighted by Gasteiger charge is -2.16. The van der Waals surface area contributed by atoms with Gasteiger partial charge in [-0.1, -0.05) is 0 Å². The fraction of sp³-hybridized carbons (Fsp3) is 1.00. The van der Waals surface area contributed by atoms with E-state index in [0.717, 1.165) is 0 Å². The summed E-state index contributed by atoms with van der Waals surface area (Å²) < 4.78 is 4.55. The lowest BCUT2D eigenvalue weighted by Crippen LogP contribution is -2.40. The van der Waals surface area contributed by atoms with Crippen LogP contribution in [0.1, 0.15) is 0 Å². The molecular weight excluding hydrogens is 98.0 g/mol. The van der Waals surface area contributed by atoms with E-state index in [1.54, 1.807) is 0 Å². The van der Waals surface area contributed by atoms with Crippen LogP contribution in [0, 0.1) is 10.1 Å². The Balaban J connectivity index is 2.27. The van der Waals surface area contributed by atoms with Crippen molar-refractivity contribution < 1.29 is 9.66 Å². The molecule has 0 aliphatic carbocycles. The Hall–Kier alpha value is -0.640. The van der Waals surface area contributed by atoms with Crippen LogP contribution in [0.2, 0.25) is 0 Å². The highest BCUT2D eigenvalue weighted by Gasteiger charge is 2.28. The van der Waals surface area contributed by atoms with E-state index in [-0.39, 0.29) is 4.92 Å². The molecule has 1 fully saturated rings. The molecule has 4 heteroatoms. The molecule has 0 N–H and O–H groups in total. The Morgan fingerprint density at radius 2 is 2.29 bits per heavy atom. The van der Waals surface area contributed by atoms with E-state index in [0.29, 0.717) is 13.2 Å². The van der Waals surface area contributed by atoms with Gasteiger partial charge in [0.15, 0.2) is 0 Å². The minimum atomic E-state index is -0.417. The Labute approximate surface area is 40.2 Å². The van der Waals surface area contributed by atoms with Crippen molar-refractivity contribution in [3.8, 4) is 0 Å². The number of hydrogen-bond acceptors (Lipinski definition) is 3. The fourth-order valence-corrected chi connectivity index (χ4v) is 0.345. The average molecular weight is 103 g/mol. The third-order valence-corrected chi connectivity index (χ3v) is 0.919. The van der Waals surface area contributed by atoms with Crippen LogP contribution in [-0.4, -0.2) is 24.2 Å². The van der Waals surface area contributed by atoms with Crippen LogP contribution in [0.5, 0.6) is 0 Å². The first-order valence-corrected chi connectivity index (χ1v) is 2.02. The first-order chi connectivity index (χ1) is 3.30. The molecule has 0 aromatic heterocycles. The van der Waals surface area contributed by atoms with Crippen LogP contribution >= 0.6 is 0 Å². The van der Waals surface area contributed by atoms with Gasteiger partial charge in [0.2, 0.25) is 0 Å². The molecule has 0 atom stereocenters. The maximum atomic E-state index is 9.71. The molecular formula is C3H5NO3. The molecule has 0 saturated carbocycles. The van der Waals surface area contributed by atoms with Gasteiger partial charge in [-0.3, -0.25) is 10.1 Å². The van der Waals surface area contributed by atoms with E-state index in [1.807, 2.05) is 0 Å². The van der Waals surface area contributed by atoms with Crippen LogP contribution in [0.15, 0.2) is 0 Å². The van der Waals surface area contributed by atoms with Crippen molar-refractivity contribution >= 4 is 0 Å². The molecule has 0 radical (unpaired) electrons. The van der Waals surface area contributed by atoms with Crippen LogP contribution in [-0.2, 0) is 4.74 Å². The molecule has 4 nitrogen and oxygen atoms in total. The highest BCUT2D eigenvalue weighted by atomic mass is 16.6. The molecule has 1 aliphatic heterocycles. The smallest absolute Gasteiger partial charge is 0.258 e. The minimum Gasteiger partial charge on any atom is -0.367 e. The zero-order valence-electron chi connectivity index (χ0n) is 3.66. The zero-order chi connectivity index (χ0) is 5.28. The lowest BCUT2D eigenvalue weighted by atomic mass is 10.3. The quantitative estimate of drug-likeness (QED) is 0.337. The summed E-state index contributed by atoms with van der Waals surface area (Å²) in [6, 6.07) is -0.417. The van der Waals surface area contributed by atoms with Crippen LogP contribution < -0.4 is 0 Å². The summed E-state index contributed by atoms with van der Waals surface area (Å²) in [4.78, 5) is 9.39. The van der Waals surface area contributed by atoms with E-state index >= 15 is 0 Å². The lowest BCUT2D eigenvalue weighted by molar-refractivity contribution is -0.552. The number of ether oxygens (including phenoxy) is 1. The van der Waals surface area contributed by atoms with Crippen LogP contribution in [0.4, 0.5) is 0 Å². The highest BCUT2D eigenvalue weighted by molar-refractivity contribution is 4.61. The SMILES string of the molecule is O=[N+]([O-])C1COC1. The zero-order valence-corrected chi connectivity index (χ0v) is 3.66. The first kappa shape index (κ1) is 4.52. The predicted molar refractivity (Wildman–Crippen MR) is 21.6 cm³/mol. The van der Waals surface area contributed by atoms with Crippen LogP contribution in [0.3, 0.4) is 0 Å². The number of nitro groups is 1. The summed E-state index contributed by atoms with van der Waals surface area (Å²) in [7, 11) is 0. The summed E-state index contributed by atoms with van der Waals surface area (Å²) in [6.07, 6.45) is 0. The van der Waals surface area contributed by atoms with Gasteiger partial charge < -0.3 is 4.74 Å². The van der Waals surface area contributed by atoms with Gasteiger partial charge in [-0.25, -0.2) is 0 Å². The van der Waals surface area contributed by atoms with Gasteiger partial charge in [-0.15, -0.1) is 0 Å². The second kappa shape index (κ2) is 1.46. The molecule has 1 saturated heterocycles. The number of hydrogen-bond donors (Lipinski definition) is 0. The maximum absolute atomic E-state index is 9.71. The molecule has 0 amide bonds. The molecule has 1 heterocycles. The van der Waals surface area contributed by atoms with Crippen molar-refractivity contribution in [3.63, 3.8) is 0 Å². The van der Waals surface area contributed by atoms with Crippen molar-refractivity contribution in [1.29, 1.82) is 0 Å². The molecule has 0 aromatic carbocycles. The maximum Gasteiger partial charge on any atom is 0.258 e. The van der Waals surface area contributed by atoms with Gasteiger partial charge in [0.1, 0.15) is 13.2 Å². The second-order valence-corrected chi connectivity index (χ2v) is 1.48. The summed E-state index contributed by atoms with van der Waals surface area (Å²) in [5.74, 6) is 0. The van der Waals surface area contributed by atoms with Crippen molar-refractivity contribution in [2.45, 2.75) is 6.04 Å². The van der Waals surface area contributed by atoms with E-state index in [4.69, 9.17) is 0 Å². The van der Waals surface area contributed by atoms with Gasteiger partial charge in [0, 0.05) is 4.92 Å². The van der Waals surface area contributed by atoms with Crippen LogP contribution in [0.25, 0.3) is 0 Å². The Bertz CT molecular complexity index is 88.2. The summed E-state index contributed by atoms with van der Waals surface area (Å²) >= 11 is 0. The molecule has 1 aliphatic rings. The Morgan fingerprint density at radius 3 is 2.29 bits per heavy atom. The summed E-state index contributed by atoms with van der Waals surface area (Å²) in [5.41, 5.74) is 0. The normalized spacial score (nSPS) is 21.1. The topological polar surface area (TPSA) is 52.4 Å². The third kappa shape index (κ3) is 0.691. The second-order valence-electron chi connectivity index (χ2n) is 1.48. The van der Waals surface area contributed by atoms with E-state index in [2.05, 4.69) is 4.74 Å². The van der Waals surface area contributed by atoms with Crippen molar-refractivity contribution in [2.75, 3.05) is 13.2 Å². The summed E-state index contributed by atoms with van der Waals surface area (Å²) in [5, 5.41) is 9.71. The fourth-order valence-electron chi connectivity index (χ4n) is 0.345. The third-order valence-electron chi connectivity index (χ3n) is 0.919. The molecule has 0 aromatic rings. The minimum absolute atomic E-state index is 0.299. The van der Waals surface area contributed by atoms with Crippen molar-refractivity contribution in [1.82, 2.24) is 0 Å². The van der Waals surface area contributed by atoms with E-state index in [1.165, 1.54) is 0 Å². The monoisotopic (exact) mass is 103 g/mol. The van der Waals surface area contributed by atoms with E-state index < -0.39 is 6.04 Å². The molecule has 40 valence electrons. The predicted octanol–water partition coefficient (Wildman–Crippen LogP) is -0.338. The van der Waals surface area contributed by atoms with E-state index in [9.17, 15) is 10.1 Å². The van der Waals surface area contributed by atoms with Gasteiger partial charge in [0.25, 0.3) is 6.04 Å². The van der Waals surface area contributed by atoms with Crippen molar-refractivity contribution in [2.24, 2.45) is 0 Å². The Morgan fingerprint density at radius 1 is 1.71 bits per heavy atom. The molecule has 7 heavy (non-hydrogen) atoms. The standard InChI is InChI=1S/C3H5NO3/c5-4(6)3-1-7-2-3/h3H,1-2H2. The molecule has 1 rings (SSSR count). The average Bonchev–Trinajstić information content (AvgIpc) is 1.23. The number of nitrogens with zero attached hydrogens (tertiary/aromatic N) is 1. The van der Waals surface area contributed by atoms with Gasteiger partial charge in [-0.2, -0.15) is 0 Å². The molecule has 0 spiro atoms. The van der Waals surface area contributed by atoms with Gasteiger partial charge in [0.05, 0.1) is 0 Å². The highest BCUT2D eigenvalue weighted by Crippen LogP contribution is 2.02. The van der Waals surface area contributed by atoms with Gasteiger partial charge >= 0.3 is 0 Å². The van der Waals surface area contributed by atoms with Gasteiger partial charge in [-0.05, 0) is 0 Å². The Kier molecular flexibility index (Phi) is 0.941. The molecule has 0 bridgehead atoms. The first-order valence-electron chi connectivity index (χ1n) is 2.02. The largest absolute Gasteiger partial charge is 0.367 e. The molecule has 0 unspecified atom stereocenters.